The van der Waals surface area contributed by atoms with Gasteiger partial charge in [-0.15, -0.1) is 0 Å². The average molecular weight is 528 g/mol. The van der Waals surface area contributed by atoms with Crippen molar-refractivity contribution in [3.8, 4) is 5.75 Å². The summed E-state index contributed by atoms with van der Waals surface area (Å²) in [4.78, 5) is 17.3. The summed E-state index contributed by atoms with van der Waals surface area (Å²) in [5.74, 6) is 0.186. The highest BCUT2D eigenvalue weighted by molar-refractivity contribution is 7.92. The lowest BCUT2D eigenvalue weighted by atomic mass is 9.96. The molecule has 1 aliphatic heterocycles. The second-order valence-electron chi connectivity index (χ2n) is 8.73. The average Bonchev–Trinajstić information content (AvgIpc) is 2.88. The first-order chi connectivity index (χ1) is 17.3. The summed E-state index contributed by atoms with van der Waals surface area (Å²) >= 11 is 6.21. The van der Waals surface area contributed by atoms with E-state index in [-0.39, 0.29) is 23.5 Å². The van der Waals surface area contributed by atoms with Crippen LogP contribution in [-0.2, 0) is 14.8 Å². The molecule has 0 unspecified atom stereocenters. The van der Waals surface area contributed by atoms with Gasteiger partial charge in [-0.3, -0.25) is 14.0 Å². The minimum Gasteiger partial charge on any atom is -0.495 e. The Labute approximate surface area is 217 Å². The molecule has 1 saturated heterocycles. The predicted octanol–water partition coefficient (Wildman–Crippen LogP) is 4.05. The van der Waals surface area contributed by atoms with Gasteiger partial charge < -0.3 is 9.64 Å². The molecule has 7 nitrogen and oxygen atoms in total. The van der Waals surface area contributed by atoms with Crippen molar-refractivity contribution < 1.29 is 17.9 Å². The lowest BCUT2D eigenvalue weighted by Gasteiger charge is -2.40. The zero-order valence-corrected chi connectivity index (χ0v) is 22.0. The van der Waals surface area contributed by atoms with Gasteiger partial charge in [-0.25, -0.2) is 8.42 Å². The molecular formula is C27H30ClN3O4S. The highest BCUT2D eigenvalue weighted by Crippen LogP contribution is 2.31. The van der Waals surface area contributed by atoms with Crippen LogP contribution in [0.1, 0.15) is 17.2 Å². The second-order valence-corrected chi connectivity index (χ2v) is 11.0. The van der Waals surface area contributed by atoms with Gasteiger partial charge in [0.1, 0.15) is 12.3 Å². The van der Waals surface area contributed by atoms with E-state index >= 15 is 0 Å². The van der Waals surface area contributed by atoms with Crippen LogP contribution in [0.4, 0.5) is 5.69 Å². The van der Waals surface area contributed by atoms with Crippen molar-refractivity contribution in [3.63, 3.8) is 0 Å². The van der Waals surface area contributed by atoms with Gasteiger partial charge in [0, 0.05) is 26.2 Å². The highest BCUT2D eigenvalue weighted by Gasteiger charge is 2.30. The number of carbonyl (C=O) groups excluding carboxylic acids is 1. The third-order valence-electron chi connectivity index (χ3n) is 6.37. The molecule has 0 atom stereocenters. The number of carbonyl (C=O) groups is 1. The molecule has 0 N–H and O–H groups in total. The van der Waals surface area contributed by atoms with Crippen molar-refractivity contribution in [2.75, 3.05) is 50.4 Å². The van der Waals surface area contributed by atoms with Crippen molar-refractivity contribution in [1.29, 1.82) is 0 Å². The fourth-order valence-corrected chi connectivity index (χ4v) is 5.64. The number of rotatable bonds is 8. The van der Waals surface area contributed by atoms with Crippen molar-refractivity contribution in [3.05, 3.63) is 95.0 Å². The van der Waals surface area contributed by atoms with Crippen molar-refractivity contribution in [2.24, 2.45) is 0 Å². The van der Waals surface area contributed by atoms with E-state index in [2.05, 4.69) is 29.2 Å². The maximum atomic E-state index is 13.2. The van der Waals surface area contributed by atoms with Crippen LogP contribution in [0.25, 0.3) is 0 Å². The minimum atomic E-state index is -3.71. The molecule has 1 fully saturated rings. The van der Waals surface area contributed by atoms with E-state index in [0.717, 1.165) is 10.6 Å². The smallest absolute Gasteiger partial charge is 0.243 e. The number of sulfonamides is 1. The Morgan fingerprint density at radius 3 is 1.97 bits per heavy atom. The van der Waals surface area contributed by atoms with Gasteiger partial charge in [-0.1, -0.05) is 72.3 Å². The van der Waals surface area contributed by atoms with Crippen LogP contribution in [0.5, 0.6) is 5.75 Å². The summed E-state index contributed by atoms with van der Waals surface area (Å²) in [6, 6.07) is 25.4. The normalized spacial score (nSPS) is 14.6. The molecule has 1 aliphatic rings. The Balaban J connectivity index is 1.48. The number of ether oxygens (including phenoxy) is 1. The Morgan fingerprint density at radius 2 is 1.50 bits per heavy atom. The summed E-state index contributed by atoms with van der Waals surface area (Å²) in [6.45, 7) is 2.08. The molecule has 0 radical (unpaired) electrons. The highest BCUT2D eigenvalue weighted by atomic mass is 35.5. The maximum absolute atomic E-state index is 13.2. The van der Waals surface area contributed by atoms with E-state index in [1.165, 1.54) is 24.3 Å². The lowest BCUT2D eigenvalue weighted by molar-refractivity contribution is -0.131. The summed E-state index contributed by atoms with van der Waals surface area (Å²) < 4.78 is 31.3. The van der Waals surface area contributed by atoms with Crippen LogP contribution in [0.15, 0.2) is 78.9 Å². The molecule has 0 saturated carbocycles. The summed E-state index contributed by atoms with van der Waals surface area (Å²) in [7, 11) is -2.22. The molecule has 3 aromatic rings. The van der Waals surface area contributed by atoms with Gasteiger partial charge >= 0.3 is 0 Å². The van der Waals surface area contributed by atoms with Gasteiger partial charge in [-0.2, -0.15) is 0 Å². The summed E-state index contributed by atoms with van der Waals surface area (Å²) in [5, 5.41) is 0.276. The molecule has 0 aliphatic carbocycles. The Kier molecular flexibility index (Phi) is 8.18. The van der Waals surface area contributed by atoms with Crippen LogP contribution < -0.4 is 9.04 Å². The van der Waals surface area contributed by atoms with E-state index in [9.17, 15) is 13.2 Å². The molecule has 190 valence electrons. The number of methoxy groups -OCH3 is 1. The number of hydrogen-bond acceptors (Lipinski definition) is 5. The van der Waals surface area contributed by atoms with Crippen molar-refractivity contribution in [2.45, 2.75) is 6.04 Å². The fourth-order valence-electron chi connectivity index (χ4n) is 4.55. The molecule has 9 heteroatoms. The third-order valence-corrected chi connectivity index (χ3v) is 7.80. The number of nitrogens with zero attached hydrogens (tertiary/aromatic N) is 3. The van der Waals surface area contributed by atoms with E-state index < -0.39 is 10.0 Å². The number of benzene rings is 3. The Hall–Kier alpha value is -3.07. The standard InChI is InChI=1S/C27H30ClN3O4S/c1-35-25-14-13-23(19-24(25)28)31(36(2,33)34)20-26(32)29-15-17-30(18-16-29)27(21-9-5-3-6-10-21)22-11-7-4-8-12-22/h3-14,19,27H,15-18,20H2,1-2H3. The second kappa shape index (κ2) is 11.3. The van der Waals surface area contributed by atoms with Crippen LogP contribution in [0.3, 0.4) is 0 Å². The lowest BCUT2D eigenvalue weighted by Crippen LogP contribution is -2.52. The van der Waals surface area contributed by atoms with Gasteiger partial charge in [0.2, 0.25) is 15.9 Å². The molecule has 0 aromatic heterocycles. The van der Waals surface area contributed by atoms with E-state index in [0.29, 0.717) is 37.6 Å². The van der Waals surface area contributed by atoms with Gasteiger partial charge in [0.05, 0.1) is 30.1 Å². The number of amides is 1. The van der Waals surface area contributed by atoms with Gasteiger partial charge in [-0.05, 0) is 29.3 Å². The molecule has 0 bridgehead atoms. The van der Waals surface area contributed by atoms with Crippen molar-refractivity contribution >= 4 is 33.2 Å². The minimum absolute atomic E-state index is 0.0820. The van der Waals surface area contributed by atoms with Crippen LogP contribution in [0, 0.1) is 0 Å². The Morgan fingerprint density at radius 1 is 0.944 bits per heavy atom. The van der Waals surface area contributed by atoms with Crippen molar-refractivity contribution in [1.82, 2.24) is 9.80 Å². The largest absolute Gasteiger partial charge is 0.495 e. The summed E-state index contributed by atoms with van der Waals surface area (Å²) in [6.07, 6.45) is 1.08. The molecule has 3 aromatic carbocycles. The number of hydrogen-bond donors (Lipinski definition) is 0. The quantitative estimate of drug-likeness (QED) is 0.442. The predicted molar refractivity (Wildman–Crippen MR) is 143 cm³/mol. The van der Waals surface area contributed by atoms with E-state index in [1.54, 1.807) is 17.0 Å². The van der Waals surface area contributed by atoms with Gasteiger partial charge in [0.15, 0.2) is 0 Å². The molecule has 0 spiro atoms. The first-order valence-corrected chi connectivity index (χ1v) is 13.9. The zero-order valence-electron chi connectivity index (χ0n) is 20.4. The van der Waals surface area contributed by atoms with E-state index in [4.69, 9.17) is 16.3 Å². The molecule has 1 heterocycles. The Bertz CT molecular complexity index is 1240. The number of anilines is 1. The van der Waals surface area contributed by atoms with Crippen LogP contribution in [0.2, 0.25) is 5.02 Å². The number of piperazine rings is 1. The molecule has 36 heavy (non-hydrogen) atoms. The molecule has 4 rings (SSSR count). The first-order valence-electron chi connectivity index (χ1n) is 11.7. The van der Waals surface area contributed by atoms with Gasteiger partial charge in [0.25, 0.3) is 0 Å². The molecule has 1 amide bonds. The SMILES string of the molecule is COc1ccc(N(CC(=O)N2CCN(C(c3ccccc3)c3ccccc3)CC2)S(C)(=O)=O)cc1Cl. The topological polar surface area (TPSA) is 70.2 Å². The van der Waals surface area contributed by atoms with E-state index in [1.807, 2.05) is 36.4 Å². The maximum Gasteiger partial charge on any atom is 0.243 e. The summed E-state index contributed by atoms with van der Waals surface area (Å²) in [5.41, 5.74) is 2.72. The van der Waals surface area contributed by atoms with Crippen LogP contribution >= 0.6 is 11.6 Å². The zero-order chi connectivity index (χ0) is 25.7. The molecular weight excluding hydrogens is 498 g/mol. The monoisotopic (exact) mass is 527 g/mol. The number of halogens is 1. The van der Waals surface area contributed by atoms with Crippen LogP contribution in [-0.4, -0.2) is 70.2 Å². The third kappa shape index (κ3) is 6.00. The fraction of sp³-hybridized carbons (Fsp3) is 0.296. The first kappa shape index (κ1) is 26.0.